The molecule has 0 bridgehead atoms. The van der Waals surface area contributed by atoms with Gasteiger partial charge in [-0.05, 0) is 69.8 Å². The Kier molecular flexibility index (Phi) is 8.65. The normalized spacial score (nSPS) is 11.5. The molecule has 0 radical (unpaired) electrons. The maximum absolute atomic E-state index is 5.36. The lowest BCUT2D eigenvalue weighted by Crippen LogP contribution is -2.04. The second-order valence-corrected chi connectivity index (χ2v) is 16.6. The van der Waals surface area contributed by atoms with E-state index in [4.69, 9.17) is 15.0 Å². The fraction of sp³-hybridized carbons (Fsp3) is 0. The molecule has 12 aromatic rings. The number of nitrogens with zero attached hydrogens (tertiary/aromatic N) is 4. The average molecular weight is 809 g/mol. The molecule has 62 heavy (non-hydrogen) atoms. The predicted octanol–water partition coefficient (Wildman–Crippen LogP) is 15.3. The summed E-state index contributed by atoms with van der Waals surface area (Å²) in [6.07, 6.45) is 0. The van der Waals surface area contributed by atoms with Crippen LogP contribution in [-0.2, 0) is 0 Å². The molecule has 0 aliphatic heterocycles. The van der Waals surface area contributed by atoms with Crippen LogP contribution in [0.5, 0.6) is 0 Å². The maximum Gasteiger partial charge on any atom is 0.166 e. The number of rotatable bonds is 7. The Balaban J connectivity index is 1.07. The molecule has 0 aliphatic rings. The molecule has 5 heteroatoms. The van der Waals surface area contributed by atoms with Crippen molar-refractivity contribution in [1.82, 2.24) is 19.5 Å². The van der Waals surface area contributed by atoms with Crippen molar-refractivity contribution in [2.75, 3.05) is 0 Å². The van der Waals surface area contributed by atoms with E-state index in [-0.39, 0.29) is 0 Å². The number of hydrogen-bond acceptors (Lipinski definition) is 4. The van der Waals surface area contributed by atoms with Gasteiger partial charge in [0.1, 0.15) is 0 Å². The van der Waals surface area contributed by atoms with Crippen molar-refractivity contribution >= 4 is 53.3 Å². The van der Waals surface area contributed by atoms with E-state index in [0.717, 1.165) is 61.2 Å². The van der Waals surface area contributed by atoms with Gasteiger partial charge in [0, 0.05) is 47.6 Å². The summed E-state index contributed by atoms with van der Waals surface area (Å²) in [4.78, 5) is 16.0. The van der Waals surface area contributed by atoms with Gasteiger partial charge < -0.3 is 4.57 Å². The first-order chi connectivity index (χ1) is 30.7. The number of aromatic nitrogens is 4. The van der Waals surface area contributed by atoms with Crippen LogP contribution in [-0.4, -0.2) is 19.5 Å². The largest absolute Gasteiger partial charge is 0.308 e. The highest BCUT2D eigenvalue weighted by molar-refractivity contribution is 7.26. The fourth-order valence-electron chi connectivity index (χ4n) is 8.89. The molecule has 0 fully saturated rings. The minimum Gasteiger partial charge on any atom is -0.308 e. The molecular formula is C57H36N4S. The first kappa shape index (κ1) is 35.9. The molecule has 9 aromatic carbocycles. The molecule has 0 N–H and O–H groups in total. The summed E-state index contributed by atoms with van der Waals surface area (Å²) in [5.74, 6) is 1.83. The topological polar surface area (TPSA) is 43.6 Å². The van der Waals surface area contributed by atoms with Crippen LogP contribution in [0.25, 0.3) is 115 Å². The lowest BCUT2D eigenvalue weighted by atomic mass is 10.0. The van der Waals surface area contributed by atoms with E-state index in [1.807, 2.05) is 17.4 Å². The van der Waals surface area contributed by atoms with Crippen molar-refractivity contribution in [3.8, 4) is 73.2 Å². The average Bonchev–Trinajstić information content (AvgIpc) is 3.90. The Morgan fingerprint density at radius 1 is 0.306 bits per heavy atom. The minimum absolute atomic E-state index is 0.603. The molecular weight excluding hydrogens is 773 g/mol. The van der Waals surface area contributed by atoms with Gasteiger partial charge in [0.2, 0.25) is 0 Å². The van der Waals surface area contributed by atoms with Crippen LogP contribution >= 0.6 is 11.3 Å². The van der Waals surface area contributed by atoms with Crippen LogP contribution in [0.3, 0.4) is 0 Å². The van der Waals surface area contributed by atoms with Gasteiger partial charge in [0.25, 0.3) is 0 Å². The van der Waals surface area contributed by atoms with E-state index in [1.54, 1.807) is 0 Å². The number of thiophene rings is 1. The van der Waals surface area contributed by atoms with Crippen LogP contribution in [0.4, 0.5) is 0 Å². The highest BCUT2D eigenvalue weighted by Crippen LogP contribution is 2.41. The third-order valence-corrected chi connectivity index (χ3v) is 13.1. The van der Waals surface area contributed by atoms with Crippen LogP contribution < -0.4 is 0 Å². The smallest absolute Gasteiger partial charge is 0.166 e. The maximum atomic E-state index is 5.36. The standard InChI is InChI=1S/C57H36N4S/c1-3-15-37(16-4-1)41-19-13-20-43(35-41)56-58-55(40-31-29-39(30-32-40)44-24-14-25-48-47-23-9-12-28-53(47)62-54(44)48)59-57(60-56)49-34-33-42(38-17-5-2-6-18-38)36-52(49)61-50-26-10-7-21-45(50)46-22-8-11-27-51(46)61/h1-36H. The zero-order valence-corrected chi connectivity index (χ0v) is 34.3. The molecule has 0 spiro atoms. The number of para-hydroxylation sites is 2. The summed E-state index contributed by atoms with van der Waals surface area (Å²) in [5, 5.41) is 4.97. The van der Waals surface area contributed by atoms with Crippen LogP contribution in [0.1, 0.15) is 0 Å². The zero-order chi connectivity index (χ0) is 41.0. The van der Waals surface area contributed by atoms with Gasteiger partial charge in [0.15, 0.2) is 17.5 Å². The van der Waals surface area contributed by atoms with Gasteiger partial charge in [-0.2, -0.15) is 0 Å². The van der Waals surface area contributed by atoms with Gasteiger partial charge in [-0.25, -0.2) is 15.0 Å². The SMILES string of the molecule is c1ccc(-c2cccc(-c3nc(-c4ccc(-c5cccc6c5sc5ccccc56)cc4)nc(-c4ccc(-c5ccccc5)cc4-n4c5ccccc5c5ccccc54)n3)c2)cc1. The molecule has 0 unspecified atom stereocenters. The predicted molar refractivity (Wildman–Crippen MR) is 260 cm³/mol. The summed E-state index contributed by atoms with van der Waals surface area (Å²) >= 11 is 1.85. The summed E-state index contributed by atoms with van der Waals surface area (Å²) < 4.78 is 4.96. The molecule has 290 valence electrons. The second-order valence-electron chi connectivity index (χ2n) is 15.6. The second kappa shape index (κ2) is 14.9. The summed E-state index contributed by atoms with van der Waals surface area (Å²) in [6, 6.07) is 77.4. The van der Waals surface area contributed by atoms with Crippen molar-refractivity contribution in [2.45, 2.75) is 0 Å². The zero-order valence-electron chi connectivity index (χ0n) is 33.5. The van der Waals surface area contributed by atoms with Crippen molar-refractivity contribution in [2.24, 2.45) is 0 Å². The van der Waals surface area contributed by atoms with Crippen LogP contribution in [0.2, 0.25) is 0 Å². The highest BCUT2D eigenvalue weighted by atomic mass is 32.1. The Bertz CT molecular complexity index is 3570. The van der Waals surface area contributed by atoms with E-state index in [9.17, 15) is 0 Å². The van der Waals surface area contributed by atoms with E-state index >= 15 is 0 Å². The monoisotopic (exact) mass is 808 g/mol. The number of hydrogen-bond donors (Lipinski definition) is 0. The lowest BCUT2D eigenvalue weighted by molar-refractivity contribution is 1.06. The Labute approximate surface area is 362 Å². The molecule has 0 atom stereocenters. The summed E-state index contributed by atoms with van der Waals surface area (Å²) in [5.41, 5.74) is 12.9. The third kappa shape index (κ3) is 6.18. The molecule has 3 heterocycles. The quantitative estimate of drug-likeness (QED) is 0.161. The van der Waals surface area contributed by atoms with Crippen LogP contribution in [0.15, 0.2) is 218 Å². The number of fused-ring (bicyclic) bond motifs is 6. The van der Waals surface area contributed by atoms with Gasteiger partial charge in [0.05, 0.1) is 16.7 Å². The highest BCUT2D eigenvalue weighted by Gasteiger charge is 2.21. The molecule has 0 amide bonds. The molecule has 0 saturated heterocycles. The Hall–Kier alpha value is -7.99. The Morgan fingerprint density at radius 3 is 1.52 bits per heavy atom. The van der Waals surface area contributed by atoms with Gasteiger partial charge in [-0.3, -0.25) is 0 Å². The third-order valence-electron chi connectivity index (χ3n) is 11.9. The molecule has 12 rings (SSSR count). The lowest BCUT2D eigenvalue weighted by Gasteiger charge is -2.16. The molecule has 3 aromatic heterocycles. The van der Waals surface area contributed by atoms with Crippen molar-refractivity contribution in [3.63, 3.8) is 0 Å². The van der Waals surface area contributed by atoms with E-state index in [2.05, 4.69) is 217 Å². The van der Waals surface area contributed by atoms with Gasteiger partial charge in [-0.1, -0.05) is 182 Å². The van der Waals surface area contributed by atoms with Gasteiger partial charge in [-0.15, -0.1) is 11.3 Å². The molecule has 4 nitrogen and oxygen atoms in total. The van der Waals surface area contributed by atoms with Crippen molar-refractivity contribution < 1.29 is 0 Å². The van der Waals surface area contributed by atoms with E-state index < -0.39 is 0 Å². The molecule has 0 saturated carbocycles. The summed E-state index contributed by atoms with van der Waals surface area (Å²) in [6.45, 7) is 0. The van der Waals surface area contributed by atoms with E-state index in [1.165, 1.54) is 36.5 Å². The molecule has 0 aliphatic carbocycles. The van der Waals surface area contributed by atoms with Crippen molar-refractivity contribution in [3.05, 3.63) is 218 Å². The number of benzene rings is 9. The fourth-order valence-corrected chi connectivity index (χ4v) is 10.1. The van der Waals surface area contributed by atoms with Crippen molar-refractivity contribution in [1.29, 1.82) is 0 Å². The summed E-state index contributed by atoms with van der Waals surface area (Å²) in [7, 11) is 0. The van der Waals surface area contributed by atoms with Gasteiger partial charge >= 0.3 is 0 Å². The van der Waals surface area contributed by atoms with E-state index in [0.29, 0.717) is 17.5 Å². The first-order valence-corrected chi connectivity index (χ1v) is 21.7. The minimum atomic E-state index is 0.603. The van der Waals surface area contributed by atoms with Crippen LogP contribution in [0, 0.1) is 0 Å². The first-order valence-electron chi connectivity index (χ1n) is 20.8. The Morgan fingerprint density at radius 2 is 0.806 bits per heavy atom.